The van der Waals surface area contributed by atoms with Gasteiger partial charge in [-0.2, -0.15) is 0 Å². The van der Waals surface area contributed by atoms with Crippen molar-refractivity contribution in [2.45, 2.75) is 26.2 Å². The second-order valence-electron chi connectivity index (χ2n) is 4.22. The van der Waals surface area contributed by atoms with E-state index in [4.69, 9.17) is 4.74 Å². The van der Waals surface area contributed by atoms with Crippen LogP contribution in [0.2, 0.25) is 0 Å². The quantitative estimate of drug-likeness (QED) is 0.784. The molecule has 0 aliphatic heterocycles. The number of amides is 1. The molecule has 1 amide bonds. The fraction of sp³-hybridized carbons (Fsp3) is 0.500. The Morgan fingerprint density at radius 3 is 2.83 bits per heavy atom. The van der Waals surface area contributed by atoms with E-state index in [9.17, 15) is 4.79 Å². The molecule has 0 unspecified atom stereocenters. The van der Waals surface area contributed by atoms with Crippen LogP contribution in [0.1, 0.15) is 35.2 Å². The summed E-state index contributed by atoms with van der Waals surface area (Å²) in [5.41, 5.74) is 1.72. The summed E-state index contributed by atoms with van der Waals surface area (Å²) in [4.78, 5) is 11.9. The van der Waals surface area contributed by atoms with Crippen LogP contribution >= 0.6 is 15.9 Å². The van der Waals surface area contributed by atoms with E-state index in [1.54, 1.807) is 7.11 Å². The average Bonchev–Trinajstić information content (AvgIpc) is 2.36. The van der Waals surface area contributed by atoms with E-state index in [0.717, 1.165) is 41.5 Å². The minimum Gasteiger partial charge on any atom is -0.385 e. The maximum Gasteiger partial charge on any atom is 0.251 e. The lowest BCUT2D eigenvalue weighted by Gasteiger charge is -2.08. The molecule has 0 radical (unpaired) electrons. The first-order chi connectivity index (χ1) is 8.66. The van der Waals surface area contributed by atoms with Gasteiger partial charge >= 0.3 is 0 Å². The molecule has 0 heterocycles. The van der Waals surface area contributed by atoms with Crippen molar-refractivity contribution in [2.75, 3.05) is 20.3 Å². The number of carbonyl (C=O) groups excluding carboxylic acids is 1. The van der Waals surface area contributed by atoms with Gasteiger partial charge in [-0.25, -0.2) is 0 Å². The Kier molecular flexibility index (Phi) is 6.98. The molecule has 1 aromatic rings. The van der Waals surface area contributed by atoms with Crippen molar-refractivity contribution >= 4 is 21.8 Å². The van der Waals surface area contributed by atoms with E-state index in [1.165, 1.54) is 0 Å². The van der Waals surface area contributed by atoms with Gasteiger partial charge in [-0.3, -0.25) is 4.79 Å². The normalized spacial score (nSPS) is 10.4. The zero-order valence-corrected chi connectivity index (χ0v) is 12.5. The van der Waals surface area contributed by atoms with Crippen LogP contribution in [0.15, 0.2) is 22.7 Å². The zero-order chi connectivity index (χ0) is 13.4. The molecular weight excluding hydrogens is 294 g/mol. The summed E-state index contributed by atoms with van der Waals surface area (Å²) >= 11 is 3.43. The fourth-order valence-corrected chi connectivity index (χ4v) is 2.06. The van der Waals surface area contributed by atoms with Crippen molar-refractivity contribution in [1.82, 2.24) is 5.32 Å². The van der Waals surface area contributed by atoms with Gasteiger partial charge in [-0.15, -0.1) is 0 Å². The molecule has 0 bridgehead atoms. The highest BCUT2D eigenvalue weighted by Gasteiger charge is 2.09. The molecule has 0 aromatic heterocycles. The third-order valence-corrected chi connectivity index (χ3v) is 3.68. The van der Waals surface area contributed by atoms with Crippen molar-refractivity contribution in [3.05, 3.63) is 33.8 Å². The number of nitrogens with one attached hydrogen (secondary N) is 1. The Labute approximate surface area is 117 Å². The maximum atomic E-state index is 11.9. The Balaban J connectivity index is 2.35. The van der Waals surface area contributed by atoms with E-state index < -0.39 is 0 Å². The van der Waals surface area contributed by atoms with Gasteiger partial charge < -0.3 is 10.1 Å². The van der Waals surface area contributed by atoms with Crippen LogP contribution in [-0.4, -0.2) is 26.2 Å². The molecule has 1 aromatic carbocycles. The highest BCUT2D eigenvalue weighted by atomic mass is 79.9. The summed E-state index contributed by atoms with van der Waals surface area (Å²) in [6.45, 7) is 3.45. The van der Waals surface area contributed by atoms with Gasteiger partial charge in [0, 0.05) is 30.3 Å². The molecule has 0 aliphatic carbocycles. The van der Waals surface area contributed by atoms with Gasteiger partial charge in [0.25, 0.3) is 5.91 Å². The number of hydrogen-bond acceptors (Lipinski definition) is 2. The Hall–Kier alpha value is -0.870. The number of unbranched alkanes of at least 4 members (excludes halogenated alkanes) is 2. The van der Waals surface area contributed by atoms with Gasteiger partial charge in [0.2, 0.25) is 0 Å². The van der Waals surface area contributed by atoms with Crippen LogP contribution in [0, 0.1) is 6.92 Å². The molecule has 0 spiro atoms. The van der Waals surface area contributed by atoms with Crippen molar-refractivity contribution < 1.29 is 9.53 Å². The van der Waals surface area contributed by atoms with Crippen LogP contribution in [0.25, 0.3) is 0 Å². The molecule has 1 N–H and O–H groups in total. The molecule has 18 heavy (non-hydrogen) atoms. The summed E-state index contributed by atoms with van der Waals surface area (Å²) in [6, 6.07) is 5.67. The number of halogens is 1. The third kappa shape index (κ3) is 4.78. The molecule has 3 nitrogen and oxygen atoms in total. The van der Waals surface area contributed by atoms with E-state index in [1.807, 2.05) is 25.1 Å². The van der Waals surface area contributed by atoms with Crippen LogP contribution in [0.4, 0.5) is 0 Å². The largest absolute Gasteiger partial charge is 0.385 e. The molecule has 0 saturated heterocycles. The van der Waals surface area contributed by atoms with E-state index in [-0.39, 0.29) is 5.91 Å². The lowest BCUT2D eigenvalue weighted by molar-refractivity contribution is 0.0952. The molecule has 1 rings (SSSR count). The van der Waals surface area contributed by atoms with Crippen molar-refractivity contribution in [3.63, 3.8) is 0 Å². The van der Waals surface area contributed by atoms with Crippen molar-refractivity contribution in [2.24, 2.45) is 0 Å². The van der Waals surface area contributed by atoms with E-state index in [0.29, 0.717) is 6.54 Å². The highest BCUT2D eigenvalue weighted by Crippen LogP contribution is 2.19. The van der Waals surface area contributed by atoms with Gasteiger partial charge in [0.05, 0.1) is 0 Å². The second-order valence-corrected chi connectivity index (χ2v) is 5.08. The van der Waals surface area contributed by atoms with Crippen molar-refractivity contribution in [3.8, 4) is 0 Å². The van der Waals surface area contributed by atoms with Gasteiger partial charge in [-0.1, -0.05) is 22.0 Å². The lowest BCUT2D eigenvalue weighted by atomic mass is 10.1. The van der Waals surface area contributed by atoms with E-state index >= 15 is 0 Å². The molecule has 100 valence electrons. The summed E-state index contributed by atoms with van der Waals surface area (Å²) < 4.78 is 5.94. The summed E-state index contributed by atoms with van der Waals surface area (Å²) in [6.07, 6.45) is 3.11. The van der Waals surface area contributed by atoms with Crippen LogP contribution in [0.5, 0.6) is 0 Å². The Morgan fingerprint density at radius 2 is 2.11 bits per heavy atom. The summed E-state index contributed by atoms with van der Waals surface area (Å²) in [5.74, 6) is 0.000501. The van der Waals surface area contributed by atoms with Crippen LogP contribution in [-0.2, 0) is 4.74 Å². The lowest BCUT2D eigenvalue weighted by Crippen LogP contribution is -2.25. The topological polar surface area (TPSA) is 38.3 Å². The molecule has 0 aliphatic rings. The van der Waals surface area contributed by atoms with Gasteiger partial charge in [0.15, 0.2) is 0 Å². The molecule has 0 atom stereocenters. The maximum absolute atomic E-state index is 11.9. The highest BCUT2D eigenvalue weighted by molar-refractivity contribution is 9.10. The van der Waals surface area contributed by atoms with Gasteiger partial charge in [0.1, 0.15) is 0 Å². The predicted octanol–water partition coefficient (Wildman–Crippen LogP) is 3.30. The molecule has 4 heteroatoms. The standard InChI is InChI=1S/C14H20BrNO2/c1-11-12(7-6-8-13(11)15)14(17)16-9-4-3-5-10-18-2/h6-8H,3-5,9-10H2,1-2H3,(H,16,17). The molecule has 0 fully saturated rings. The number of hydrogen-bond donors (Lipinski definition) is 1. The minimum absolute atomic E-state index is 0.000501. The van der Waals surface area contributed by atoms with Crippen LogP contribution < -0.4 is 5.32 Å². The third-order valence-electron chi connectivity index (χ3n) is 2.82. The minimum atomic E-state index is 0.000501. The van der Waals surface area contributed by atoms with Crippen molar-refractivity contribution in [1.29, 1.82) is 0 Å². The summed E-state index contributed by atoms with van der Waals surface area (Å²) in [5, 5.41) is 2.94. The first-order valence-electron chi connectivity index (χ1n) is 6.19. The number of ether oxygens (including phenoxy) is 1. The zero-order valence-electron chi connectivity index (χ0n) is 11.0. The van der Waals surface area contributed by atoms with Gasteiger partial charge in [-0.05, 0) is 43.9 Å². The number of benzene rings is 1. The summed E-state index contributed by atoms with van der Waals surface area (Å²) in [7, 11) is 1.71. The Morgan fingerprint density at radius 1 is 1.33 bits per heavy atom. The number of carbonyl (C=O) groups is 1. The number of methoxy groups -OCH3 is 1. The average molecular weight is 314 g/mol. The van der Waals surface area contributed by atoms with E-state index in [2.05, 4.69) is 21.2 Å². The monoisotopic (exact) mass is 313 g/mol. The molecular formula is C14H20BrNO2. The second kappa shape index (κ2) is 8.27. The Bertz CT molecular complexity index is 393. The molecule has 0 saturated carbocycles. The first kappa shape index (κ1) is 15.2. The predicted molar refractivity (Wildman–Crippen MR) is 76.9 cm³/mol. The SMILES string of the molecule is COCCCCCNC(=O)c1cccc(Br)c1C. The van der Waals surface area contributed by atoms with Crippen LogP contribution in [0.3, 0.4) is 0 Å². The number of rotatable bonds is 7. The fourth-order valence-electron chi connectivity index (χ4n) is 1.70. The smallest absolute Gasteiger partial charge is 0.251 e. The first-order valence-corrected chi connectivity index (χ1v) is 6.98.